The first kappa shape index (κ1) is 16.8. The summed E-state index contributed by atoms with van der Waals surface area (Å²) < 4.78 is 5.41. The standard InChI is InChI=1S/C20H18O5/c1-11-8-12(2)17-15(9-11)25-20(24)18(19(17)23)14(10-16(21)22)13-6-4-3-5-7-13/h3-9,14,23H,10H2,1-2H3,(H,21,22). The lowest BCUT2D eigenvalue weighted by atomic mass is 9.88. The molecule has 5 heteroatoms. The number of hydrogen-bond donors (Lipinski definition) is 2. The lowest BCUT2D eigenvalue weighted by Crippen LogP contribution is -2.17. The van der Waals surface area contributed by atoms with E-state index in [2.05, 4.69) is 0 Å². The molecule has 0 aliphatic heterocycles. The fraction of sp³-hybridized carbons (Fsp3) is 0.200. The Morgan fingerprint density at radius 3 is 2.48 bits per heavy atom. The van der Waals surface area contributed by atoms with Crippen LogP contribution in [0.2, 0.25) is 0 Å². The lowest BCUT2D eigenvalue weighted by molar-refractivity contribution is -0.137. The summed E-state index contributed by atoms with van der Waals surface area (Å²) in [5, 5.41) is 20.5. The number of aromatic hydroxyl groups is 1. The molecular formula is C20H18O5. The van der Waals surface area contributed by atoms with Crippen molar-refractivity contribution in [2.75, 3.05) is 0 Å². The predicted octanol–water partition coefficient (Wildman–Crippen LogP) is 3.72. The second-order valence-corrected chi connectivity index (χ2v) is 6.17. The van der Waals surface area contributed by atoms with Crippen molar-refractivity contribution >= 4 is 16.9 Å². The zero-order valence-corrected chi connectivity index (χ0v) is 13.9. The quantitative estimate of drug-likeness (QED) is 0.708. The van der Waals surface area contributed by atoms with Gasteiger partial charge < -0.3 is 14.6 Å². The monoisotopic (exact) mass is 338 g/mol. The first-order valence-electron chi connectivity index (χ1n) is 7.92. The van der Waals surface area contributed by atoms with Gasteiger partial charge in [0.25, 0.3) is 0 Å². The summed E-state index contributed by atoms with van der Waals surface area (Å²) in [7, 11) is 0. The van der Waals surface area contributed by atoms with Gasteiger partial charge in [-0.3, -0.25) is 4.79 Å². The van der Waals surface area contributed by atoms with Gasteiger partial charge in [0.1, 0.15) is 11.3 Å². The molecule has 0 amide bonds. The molecule has 1 heterocycles. The smallest absolute Gasteiger partial charge is 0.343 e. The van der Waals surface area contributed by atoms with Gasteiger partial charge in [0, 0.05) is 5.92 Å². The van der Waals surface area contributed by atoms with Gasteiger partial charge in [-0.05, 0) is 36.6 Å². The van der Waals surface area contributed by atoms with Crippen molar-refractivity contribution in [1.29, 1.82) is 0 Å². The van der Waals surface area contributed by atoms with Crippen molar-refractivity contribution in [3.63, 3.8) is 0 Å². The molecule has 128 valence electrons. The summed E-state index contributed by atoms with van der Waals surface area (Å²) in [6.07, 6.45) is -0.321. The highest BCUT2D eigenvalue weighted by molar-refractivity contribution is 5.88. The van der Waals surface area contributed by atoms with Gasteiger partial charge in [0.05, 0.1) is 17.4 Å². The minimum atomic E-state index is -1.06. The lowest BCUT2D eigenvalue weighted by Gasteiger charge is -2.17. The van der Waals surface area contributed by atoms with Crippen molar-refractivity contribution in [3.05, 3.63) is 75.1 Å². The number of fused-ring (bicyclic) bond motifs is 1. The molecule has 0 aliphatic carbocycles. The topological polar surface area (TPSA) is 87.7 Å². The second kappa shape index (κ2) is 6.43. The summed E-state index contributed by atoms with van der Waals surface area (Å²) >= 11 is 0. The molecule has 1 atom stereocenters. The maximum Gasteiger partial charge on any atom is 0.343 e. The van der Waals surface area contributed by atoms with Crippen LogP contribution in [0.4, 0.5) is 0 Å². The van der Waals surface area contributed by atoms with E-state index in [1.807, 2.05) is 19.9 Å². The highest BCUT2D eigenvalue weighted by Gasteiger charge is 2.27. The summed E-state index contributed by atoms with van der Waals surface area (Å²) in [6, 6.07) is 12.4. The molecule has 0 spiro atoms. The first-order valence-corrected chi connectivity index (χ1v) is 7.92. The number of aryl methyl sites for hydroxylation is 2. The molecule has 0 saturated carbocycles. The summed E-state index contributed by atoms with van der Waals surface area (Å²) in [5.74, 6) is -2.06. The van der Waals surface area contributed by atoms with E-state index in [0.717, 1.165) is 11.1 Å². The van der Waals surface area contributed by atoms with E-state index in [9.17, 15) is 19.8 Å². The number of benzene rings is 2. The molecule has 2 aromatic carbocycles. The van der Waals surface area contributed by atoms with Crippen LogP contribution in [-0.4, -0.2) is 16.2 Å². The Labute approximate surface area is 144 Å². The molecule has 1 unspecified atom stereocenters. The van der Waals surface area contributed by atoms with Gasteiger partial charge in [-0.15, -0.1) is 0 Å². The molecule has 3 rings (SSSR count). The number of aliphatic carboxylic acids is 1. The highest BCUT2D eigenvalue weighted by atomic mass is 16.4. The molecule has 25 heavy (non-hydrogen) atoms. The fourth-order valence-corrected chi connectivity index (χ4v) is 3.25. The summed E-state index contributed by atoms with van der Waals surface area (Å²) in [5.41, 5.74) is 1.87. The molecule has 0 saturated heterocycles. The van der Waals surface area contributed by atoms with E-state index in [4.69, 9.17) is 4.42 Å². The van der Waals surface area contributed by atoms with Crippen LogP contribution in [0.15, 0.2) is 51.7 Å². The van der Waals surface area contributed by atoms with Gasteiger partial charge in [0.2, 0.25) is 0 Å². The molecule has 1 aromatic heterocycles. The second-order valence-electron chi connectivity index (χ2n) is 6.17. The number of carboxylic acid groups (broad SMARTS) is 1. The largest absolute Gasteiger partial charge is 0.507 e. The summed E-state index contributed by atoms with van der Waals surface area (Å²) in [6.45, 7) is 3.68. The Kier molecular flexibility index (Phi) is 4.31. The van der Waals surface area contributed by atoms with E-state index in [1.54, 1.807) is 36.4 Å². The van der Waals surface area contributed by atoms with Crippen molar-refractivity contribution in [2.24, 2.45) is 0 Å². The van der Waals surface area contributed by atoms with Crippen molar-refractivity contribution in [3.8, 4) is 5.75 Å². The Morgan fingerprint density at radius 1 is 1.16 bits per heavy atom. The van der Waals surface area contributed by atoms with Crippen LogP contribution in [-0.2, 0) is 4.79 Å². The third kappa shape index (κ3) is 3.13. The minimum absolute atomic E-state index is 0.0203. The van der Waals surface area contributed by atoms with Gasteiger partial charge in [-0.25, -0.2) is 4.79 Å². The normalized spacial score (nSPS) is 12.2. The van der Waals surface area contributed by atoms with E-state index in [-0.39, 0.29) is 17.7 Å². The minimum Gasteiger partial charge on any atom is -0.507 e. The number of hydrogen-bond acceptors (Lipinski definition) is 4. The molecule has 5 nitrogen and oxygen atoms in total. The maximum atomic E-state index is 12.6. The van der Waals surface area contributed by atoms with Crippen LogP contribution in [0.25, 0.3) is 11.0 Å². The predicted molar refractivity (Wildman–Crippen MR) is 94.2 cm³/mol. The third-order valence-corrected chi connectivity index (χ3v) is 4.29. The highest BCUT2D eigenvalue weighted by Crippen LogP contribution is 2.37. The summed E-state index contributed by atoms with van der Waals surface area (Å²) in [4.78, 5) is 23.9. The molecule has 2 N–H and O–H groups in total. The van der Waals surface area contributed by atoms with Crippen molar-refractivity contribution < 1.29 is 19.4 Å². The maximum absolute atomic E-state index is 12.6. The average Bonchev–Trinajstić information content (AvgIpc) is 2.53. The molecule has 0 radical (unpaired) electrons. The Bertz CT molecular complexity index is 1000. The van der Waals surface area contributed by atoms with Gasteiger partial charge >= 0.3 is 11.6 Å². The Balaban J connectivity index is 2.31. The van der Waals surface area contributed by atoms with Gasteiger partial charge in [-0.1, -0.05) is 36.4 Å². The molecular weight excluding hydrogens is 320 g/mol. The first-order chi connectivity index (χ1) is 11.9. The van der Waals surface area contributed by atoms with E-state index < -0.39 is 17.5 Å². The molecule has 0 fully saturated rings. The Morgan fingerprint density at radius 2 is 1.84 bits per heavy atom. The zero-order chi connectivity index (χ0) is 18.1. The van der Waals surface area contributed by atoms with E-state index in [1.165, 1.54) is 0 Å². The van der Waals surface area contributed by atoms with Crippen LogP contribution in [0.5, 0.6) is 5.75 Å². The van der Waals surface area contributed by atoms with E-state index >= 15 is 0 Å². The van der Waals surface area contributed by atoms with E-state index in [0.29, 0.717) is 16.5 Å². The van der Waals surface area contributed by atoms with Crippen molar-refractivity contribution in [2.45, 2.75) is 26.2 Å². The fourth-order valence-electron chi connectivity index (χ4n) is 3.25. The molecule has 3 aromatic rings. The SMILES string of the molecule is Cc1cc(C)c2c(O)c(C(CC(=O)O)c3ccccc3)c(=O)oc2c1. The van der Waals surface area contributed by atoms with Crippen LogP contribution in [0.3, 0.4) is 0 Å². The number of rotatable bonds is 4. The van der Waals surface area contributed by atoms with Gasteiger partial charge in [-0.2, -0.15) is 0 Å². The zero-order valence-electron chi connectivity index (χ0n) is 13.9. The molecule has 0 bridgehead atoms. The van der Waals surface area contributed by atoms with Crippen LogP contribution < -0.4 is 5.63 Å². The third-order valence-electron chi connectivity index (χ3n) is 4.29. The number of carbonyl (C=O) groups is 1. The Hall–Kier alpha value is -3.08. The van der Waals surface area contributed by atoms with Crippen LogP contribution in [0.1, 0.15) is 34.6 Å². The molecule has 0 aliphatic rings. The average molecular weight is 338 g/mol. The van der Waals surface area contributed by atoms with Crippen LogP contribution in [0, 0.1) is 13.8 Å². The number of carboxylic acids is 1. The van der Waals surface area contributed by atoms with Crippen molar-refractivity contribution in [1.82, 2.24) is 0 Å². The van der Waals surface area contributed by atoms with Gasteiger partial charge in [0.15, 0.2) is 0 Å². The van der Waals surface area contributed by atoms with Crippen LogP contribution >= 0.6 is 0 Å².